The van der Waals surface area contributed by atoms with Crippen LogP contribution in [0.5, 0.6) is 0 Å². The van der Waals surface area contributed by atoms with Gasteiger partial charge in [0, 0.05) is 6.20 Å². The van der Waals surface area contributed by atoms with Crippen LogP contribution < -0.4 is 0 Å². The van der Waals surface area contributed by atoms with E-state index >= 15 is 0 Å². The lowest BCUT2D eigenvalue weighted by molar-refractivity contribution is -0.137. The van der Waals surface area contributed by atoms with Gasteiger partial charge in [0.15, 0.2) is 11.5 Å². The minimum Gasteiger partial charge on any atom is -0.476 e. The number of alkyl halides is 3. The van der Waals surface area contributed by atoms with Crippen molar-refractivity contribution in [1.82, 2.24) is 20.0 Å². The molecule has 0 fully saturated rings. The number of aromatic carboxylic acids is 1. The summed E-state index contributed by atoms with van der Waals surface area (Å²) < 4.78 is 37.0. The van der Waals surface area contributed by atoms with Gasteiger partial charge in [0.2, 0.25) is 0 Å². The number of carboxylic acids is 1. The molecule has 0 aliphatic rings. The second-order valence-corrected chi connectivity index (χ2v) is 3.63. The van der Waals surface area contributed by atoms with E-state index in [-0.39, 0.29) is 17.2 Å². The van der Waals surface area contributed by atoms with E-state index in [0.29, 0.717) is 6.20 Å². The Morgan fingerprint density at radius 1 is 1.32 bits per heavy atom. The third-order valence-corrected chi connectivity index (χ3v) is 2.26. The van der Waals surface area contributed by atoms with Gasteiger partial charge in [-0.25, -0.2) is 9.78 Å². The van der Waals surface area contributed by atoms with Gasteiger partial charge in [0.1, 0.15) is 0 Å². The number of nitrogens with zero attached hydrogens (tertiary/aromatic N) is 4. The number of carboxylic acid groups (broad SMARTS) is 1. The summed E-state index contributed by atoms with van der Waals surface area (Å²) in [6.45, 7) is 1.43. The van der Waals surface area contributed by atoms with Gasteiger partial charge in [-0.3, -0.25) is 0 Å². The van der Waals surface area contributed by atoms with E-state index in [4.69, 9.17) is 5.11 Å². The molecule has 0 spiro atoms. The largest absolute Gasteiger partial charge is 0.476 e. The SMILES string of the molecule is Cc1nn(-c2ccc(C(F)(F)F)cn2)nc1C(=O)O. The number of aryl methyl sites for hydroxylation is 1. The van der Waals surface area contributed by atoms with Gasteiger partial charge in [-0.2, -0.15) is 18.3 Å². The van der Waals surface area contributed by atoms with Gasteiger partial charge >= 0.3 is 12.1 Å². The molecule has 6 nitrogen and oxygen atoms in total. The molecule has 100 valence electrons. The molecular formula is C10H7F3N4O2. The third kappa shape index (κ3) is 2.54. The zero-order valence-corrected chi connectivity index (χ0v) is 9.51. The summed E-state index contributed by atoms with van der Waals surface area (Å²) in [4.78, 5) is 15.2. The van der Waals surface area contributed by atoms with E-state index in [0.717, 1.165) is 16.9 Å². The Labute approximate surface area is 104 Å². The predicted octanol–water partition coefficient (Wildman–Crippen LogP) is 1.69. The molecule has 1 N–H and O–H groups in total. The van der Waals surface area contributed by atoms with Crippen molar-refractivity contribution in [2.75, 3.05) is 0 Å². The summed E-state index contributed by atoms with van der Waals surface area (Å²) in [6.07, 6.45) is -3.85. The minimum absolute atomic E-state index is 0.00333. The number of pyridine rings is 1. The Morgan fingerprint density at radius 3 is 2.42 bits per heavy atom. The molecule has 0 saturated heterocycles. The van der Waals surface area contributed by atoms with Crippen molar-refractivity contribution >= 4 is 5.97 Å². The van der Waals surface area contributed by atoms with Crippen LogP contribution in [0.2, 0.25) is 0 Å². The van der Waals surface area contributed by atoms with Crippen molar-refractivity contribution in [3.8, 4) is 5.82 Å². The highest BCUT2D eigenvalue weighted by molar-refractivity contribution is 5.86. The second kappa shape index (κ2) is 4.34. The summed E-state index contributed by atoms with van der Waals surface area (Å²) in [5.74, 6) is -1.26. The summed E-state index contributed by atoms with van der Waals surface area (Å²) in [6, 6.07) is 1.88. The molecule has 0 saturated carbocycles. The van der Waals surface area contributed by atoms with Crippen molar-refractivity contribution in [2.24, 2.45) is 0 Å². The van der Waals surface area contributed by atoms with Gasteiger partial charge in [-0.05, 0) is 19.1 Å². The fourth-order valence-corrected chi connectivity index (χ4v) is 1.35. The van der Waals surface area contributed by atoms with Crippen molar-refractivity contribution in [3.63, 3.8) is 0 Å². The van der Waals surface area contributed by atoms with Crippen LogP contribution in [0.3, 0.4) is 0 Å². The molecule has 19 heavy (non-hydrogen) atoms. The standard InChI is InChI=1S/C10H7F3N4O2/c1-5-8(9(18)19)16-17(15-5)7-3-2-6(4-14-7)10(11,12)13/h2-4H,1H3,(H,18,19). The first-order valence-corrected chi connectivity index (χ1v) is 5.00. The molecule has 0 aromatic carbocycles. The second-order valence-electron chi connectivity index (χ2n) is 3.63. The lowest BCUT2D eigenvalue weighted by atomic mass is 10.3. The first-order valence-electron chi connectivity index (χ1n) is 5.00. The van der Waals surface area contributed by atoms with Gasteiger partial charge in [-0.15, -0.1) is 9.90 Å². The number of aromatic nitrogens is 4. The van der Waals surface area contributed by atoms with E-state index in [1.54, 1.807) is 0 Å². The first kappa shape index (κ1) is 13.0. The molecule has 0 aliphatic heterocycles. The number of hydrogen-bond acceptors (Lipinski definition) is 4. The van der Waals surface area contributed by atoms with E-state index in [2.05, 4.69) is 15.2 Å². The smallest absolute Gasteiger partial charge is 0.417 e. The van der Waals surface area contributed by atoms with Gasteiger partial charge < -0.3 is 5.11 Å². The van der Waals surface area contributed by atoms with Crippen LogP contribution in [0.1, 0.15) is 21.7 Å². The van der Waals surface area contributed by atoms with Crippen molar-refractivity contribution < 1.29 is 23.1 Å². The Bertz CT molecular complexity index is 619. The molecule has 2 aromatic rings. The summed E-state index contributed by atoms with van der Waals surface area (Å²) >= 11 is 0. The van der Waals surface area contributed by atoms with E-state index in [1.165, 1.54) is 6.92 Å². The Hall–Kier alpha value is -2.45. The summed E-state index contributed by atoms with van der Waals surface area (Å²) in [5, 5.41) is 16.2. The maximum absolute atomic E-state index is 12.3. The Balaban J connectivity index is 2.38. The van der Waals surface area contributed by atoms with Crippen LogP contribution in [0, 0.1) is 6.92 Å². The molecule has 0 atom stereocenters. The average Bonchev–Trinajstić information content (AvgIpc) is 2.70. The number of hydrogen-bond donors (Lipinski definition) is 1. The van der Waals surface area contributed by atoms with Gasteiger partial charge in [0.05, 0.1) is 11.3 Å². The quantitative estimate of drug-likeness (QED) is 0.899. The molecule has 9 heteroatoms. The summed E-state index contributed by atoms with van der Waals surface area (Å²) in [7, 11) is 0. The maximum Gasteiger partial charge on any atom is 0.417 e. The van der Waals surface area contributed by atoms with Gasteiger partial charge in [0.25, 0.3) is 0 Å². The molecule has 0 radical (unpaired) electrons. The van der Waals surface area contributed by atoms with E-state index in [1.807, 2.05) is 0 Å². The van der Waals surface area contributed by atoms with Crippen LogP contribution in [0.25, 0.3) is 5.82 Å². The molecule has 2 rings (SSSR count). The van der Waals surface area contributed by atoms with Crippen LogP contribution in [-0.4, -0.2) is 31.1 Å². The predicted molar refractivity (Wildman–Crippen MR) is 55.9 cm³/mol. The van der Waals surface area contributed by atoms with Crippen molar-refractivity contribution in [2.45, 2.75) is 13.1 Å². The Kier molecular flexibility index (Phi) is 2.97. The lowest BCUT2D eigenvalue weighted by Gasteiger charge is -2.05. The number of carbonyl (C=O) groups is 1. The van der Waals surface area contributed by atoms with E-state index in [9.17, 15) is 18.0 Å². The number of halogens is 3. The molecule has 2 aromatic heterocycles. The molecule has 2 heterocycles. The monoisotopic (exact) mass is 272 g/mol. The molecule has 0 amide bonds. The van der Waals surface area contributed by atoms with Crippen molar-refractivity contribution in [1.29, 1.82) is 0 Å². The highest BCUT2D eigenvalue weighted by Gasteiger charge is 2.30. The van der Waals surface area contributed by atoms with Crippen LogP contribution >= 0.6 is 0 Å². The lowest BCUT2D eigenvalue weighted by Crippen LogP contribution is -2.08. The molecule has 0 aliphatic carbocycles. The normalized spacial score (nSPS) is 11.6. The zero-order chi connectivity index (χ0) is 14.2. The average molecular weight is 272 g/mol. The molecule has 0 unspecified atom stereocenters. The zero-order valence-electron chi connectivity index (χ0n) is 9.51. The Morgan fingerprint density at radius 2 is 2.00 bits per heavy atom. The van der Waals surface area contributed by atoms with Crippen LogP contribution in [-0.2, 0) is 6.18 Å². The molecule has 0 bridgehead atoms. The fraction of sp³-hybridized carbons (Fsp3) is 0.200. The maximum atomic E-state index is 12.3. The third-order valence-electron chi connectivity index (χ3n) is 2.26. The molecular weight excluding hydrogens is 265 g/mol. The topological polar surface area (TPSA) is 80.9 Å². The van der Waals surface area contributed by atoms with Crippen molar-refractivity contribution in [3.05, 3.63) is 35.3 Å². The highest BCUT2D eigenvalue weighted by Crippen LogP contribution is 2.28. The fourth-order valence-electron chi connectivity index (χ4n) is 1.35. The van der Waals surface area contributed by atoms with Crippen LogP contribution in [0.4, 0.5) is 13.2 Å². The van der Waals surface area contributed by atoms with Gasteiger partial charge in [-0.1, -0.05) is 0 Å². The first-order chi connectivity index (χ1) is 8.79. The van der Waals surface area contributed by atoms with Crippen LogP contribution in [0.15, 0.2) is 18.3 Å². The highest BCUT2D eigenvalue weighted by atomic mass is 19.4. The summed E-state index contributed by atoms with van der Waals surface area (Å²) in [5.41, 5.74) is -1.03. The minimum atomic E-state index is -4.48. The van der Waals surface area contributed by atoms with E-state index < -0.39 is 17.7 Å². The number of rotatable bonds is 2.